The van der Waals surface area contributed by atoms with E-state index in [0.29, 0.717) is 11.5 Å². The second-order valence-corrected chi connectivity index (χ2v) is 6.83. The summed E-state index contributed by atoms with van der Waals surface area (Å²) in [6, 6.07) is 8.99. The van der Waals surface area contributed by atoms with Crippen molar-refractivity contribution < 1.29 is 5.11 Å². The Kier molecular flexibility index (Phi) is 4.57. The molecule has 0 radical (unpaired) electrons. The van der Waals surface area contributed by atoms with Crippen LogP contribution in [0.2, 0.25) is 0 Å². The van der Waals surface area contributed by atoms with Gasteiger partial charge in [0.1, 0.15) is 0 Å². The van der Waals surface area contributed by atoms with Gasteiger partial charge in [0.05, 0.1) is 0 Å². The third kappa shape index (κ3) is 3.42. The van der Waals surface area contributed by atoms with E-state index in [1.807, 2.05) is 11.8 Å². The van der Waals surface area contributed by atoms with Crippen LogP contribution in [0, 0.1) is 5.41 Å². The molecule has 2 rings (SSSR count). The SMILES string of the molecule is CC1(C)CCSCC1Nc1ccc(CCO)cc1. The van der Waals surface area contributed by atoms with Crippen LogP contribution in [0.4, 0.5) is 5.69 Å². The molecule has 1 heterocycles. The van der Waals surface area contributed by atoms with E-state index in [2.05, 4.69) is 43.4 Å². The molecule has 1 unspecified atom stereocenters. The van der Waals surface area contributed by atoms with Crippen molar-refractivity contribution in [2.24, 2.45) is 5.41 Å². The molecule has 0 amide bonds. The summed E-state index contributed by atoms with van der Waals surface area (Å²) >= 11 is 2.04. The molecule has 1 atom stereocenters. The first-order chi connectivity index (χ1) is 8.62. The molecule has 2 nitrogen and oxygen atoms in total. The highest BCUT2D eigenvalue weighted by atomic mass is 32.2. The Hall–Kier alpha value is -0.670. The van der Waals surface area contributed by atoms with Crippen LogP contribution >= 0.6 is 11.8 Å². The lowest BCUT2D eigenvalue weighted by Crippen LogP contribution is -2.41. The molecule has 1 saturated heterocycles. The summed E-state index contributed by atoms with van der Waals surface area (Å²) in [6.07, 6.45) is 2.02. The molecule has 100 valence electrons. The zero-order valence-corrected chi connectivity index (χ0v) is 12.1. The predicted molar refractivity (Wildman–Crippen MR) is 80.4 cm³/mol. The number of thioether (sulfide) groups is 1. The standard InChI is InChI=1S/C15H23NOS/c1-15(2)8-10-18-11-14(15)16-13-5-3-12(4-6-13)7-9-17/h3-6,14,16-17H,7-11H2,1-2H3. The second kappa shape index (κ2) is 5.98. The highest BCUT2D eigenvalue weighted by Crippen LogP contribution is 2.35. The third-order valence-corrected chi connectivity index (χ3v) is 4.88. The predicted octanol–water partition coefficient (Wildman–Crippen LogP) is 3.17. The Bertz CT molecular complexity index is 375. The Balaban J connectivity index is 1.99. The van der Waals surface area contributed by atoms with Crippen molar-refractivity contribution >= 4 is 17.4 Å². The molecule has 0 spiro atoms. The lowest BCUT2D eigenvalue weighted by Gasteiger charge is -2.39. The average molecular weight is 265 g/mol. The van der Waals surface area contributed by atoms with E-state index in [0.717, 1.165) is 6.42 Å². The first kappa shape index (κ1) is 13.8. The molecule has 1 aromatic carbocycles. The topological polar surface area (TPSA) is 32.3 Å². The van der Waals surface area contributed by atoms with Gasteiger partial charge in [0, 0.05) is 24.1 Å². The molecule has 2 N–H and O–H groups in total. The van der Waals surface area contributed by atoms with Gasteiger partial charge >= 0.3 is 0 Å². The number of rotatable bonds is 4. The number of benzene rings is 1. The van der Waals surface area contributed by atoms with Gasteiger partial charge in [-0.25, -0.2) is 0 Å². The molecule has 0 saturated carbocycles. The van der Waals surface area contributed by atoms with Gasteiger partial charge in [-0.3, -0.25) is 0 Å². The van der Waals surface area contributed by atoms with E-state index in [9.17, 15) is 0 Å². The fourth-order valence-corrected chi connectivity index (χ4v) is 3.88. The fraction of sp³-hybridized carbons (Fsp3) is 0.600. The minimum Gasteiger partial charge on any atom is -0.396 e. The van der Waals surface area contributed by atoms with E-state index in [4.69, 9.17) is 5.11 Å². The van der Waals surface area contributed by atoms with Gasteiger partial charge in [-0.1, -0.05) is 26.0 Å². The third-order valence-electron chi connectivity index (χ3n) is 3.81. The number of anilines is 1. The summed E-state index contributed by atoms with van der Waals surface area (Å²) in [6.45, 7) is 4.92. The summed E-state index contributed by atoms with van der Waals surface area (Å²) in [4.78, 5) is 0. The van der Waals surface area contributed by atoms with Crippen LogP contribution in [-0.4, -0.2) is 29.3 Å². The van der Waals surface area contributed by atoms with Crippen molar-refractivity contribution in [1.82, 2.24) is 0 Å². The van der Waals surface area contributed by atoms with Crippen LogP contribution in [0.3, 0.4) is 0 Å². The van der Waals surface area contributed by atoms with Gasteiger partial charge in [0.2, 0.25) is 0 Å². The summed E-state index contributed by atoms with van der Waals surface area (Å²) in [5.74, 6) is 2.46. The molecule has 3 heteroatoms. The van der Waals surface area contributed by atoms with E-state index in [1.54, 1.807) is 0 Å². The maximum atomic E-state index is 8.90. The van der Waals surface area contributed by atoms with Crippen LogP contribution < -0.4 is 5.32 Å². The lowest BCUT2D eigenvalue weighted by molar-refractivity contribution is 0.299. The molecule has 1 aliphatic heterocycles. The Morgan fingerprint density at radius 2 is 2.06 bits per heavy atom. The molecule has 0 aromatic heterocycles. The Morgan fingerprint density at radius 3 is 2.67 bits per heavy atom. The molecular weight excluding hydrogens is 242 g/mol. The smallest absolute Gasteiger partial charge is 0.0471 e. The highest BCUT2D eigenvalue weighted by molar-refractivity contribution is 7.99. The largest absolute Gasteiger partial charge is 0.396 e. The van der Waals surface area contributed by atoms with Crippen molar-refractivity contribution in [2.45, 2.75) is 32.7 Å². The zero-order valence-electron chi connectivity index (χ0n) is 11.3. The van der Waals surface area contributed by atoms with Gasteiger partial charge < -0.3 is 10.4 Å². The number of hydrogen-bond donors (Lipinski definition) is 2. The lowest BCUT2D eigenvalue weighted by atomic mass is 9.82. The van der Waals surface area contributed by atoms with Crippen molar-refractivity contribution in [3.63, 3.8) is 0 Å². The molecule has 1 fully saturated rings. The monoisotopic (exact) mass is 265 g/mol. The van der Waals surface area contributed by atoms with E-state index in [1.165, 1.54) is 29.2 Å². The summed E-state index contributed by atoms with van der Waals surface area (Å²) in [7, 11) is 0. The second-order valence-electron chi connectivity index (χ2n) is 5.68. The highest BCUT2D eigenvalue weighted by Gasteiger charge is 2.32. The van der Waals surface area contributed by atoms with Crippen LogP contribution in [0.25, 0.3) is 0 Å². The van der Waals surface area contributed by atoms with Gasteiger partial charge in [0.15, 0.2) is 0 Å². The first-order valence-electron chi connectivity index (χ1n) is 6.66. The van der Waals surface area contributed by atoms with Gasteiger partial charge in [-0.2, -0.15) is 11.8 Å². The van der Waals surface area contributed by atoms with Crippen molar-refractivity contribution in [2.75, 3.05) is 23.4 Å². The van der Waals surface area contributed by atoms with Gasteiger partial charge in [-0.15, -0.1) is 0 Å². The van der Waals surface area contributed by atoms with E-state index < -0.39 is 0 Å². The molecule has 0 bridgehead atoms. The maximum Gasteiger partial charge on any atom is 0.0471 e. The minimum absolute atomic E-state index is 0.221. The number of aliphatic hydroxyl groups is 1. The number of aliphatic hydroxyl groups excluding tert-OH is 1. The number of hydrogen-bond acceptors (Lipinski definition) is 3. The Labute approximate surface area is 114 Å². The Morgan fingerprint density at radius 1 is 1.33 bits per heavy atom. The minimum atomic E-state index is 0.221. The van der Waals surface area contributed by atoms with Crippen LogP contribution in [0.1, 0.15) is 25.8 Å². The first-order valence-corrected chi connectivity index (χ1v) is 7.81. The average Bonchev–Trinajstić information content (AvgIpc) is 2.34. The van der Waals surface area contributed by atoms with Crippen LogP contribution in [0.15, 0.2) is 24.3 Å². The fourth-order valence-electron chi connectivity index (χ4n) is 2.27. The zero-order chi connectivity index (χ0) is 13.0. The molecule has 1 aromatic rings. The number of nitrogens with one attached hydrogen (secondary N) is 1. The molecule has 0 aliphatic carbocycles. The van der Waals surface area contributed by atoms with Gasteiger partial charge in [0.25, 0.3) is 0 Å². The van der Waals surface area contributed by atoms with Crippen LogP contribution in [0.5, 0.6) is 0 Å². The molecule has 18 heavy (non-hydrogen) atoms. The van der Waals surface area contributed by atoms with Crippen molar-refractivity contribution in [3.05, 3.63) is 29.8 Å². The summed E-state index contributed by atoms with van der Waals surface area (Å²) in [5, 5.41) is 12.6. The molecular formula is C15H23NOS. The van der Waals surface area contributed by atoms with E-state index >= 15 is 0 Å². The van der Waals surface area contributed by atoms with Crippen molar-refractivity contribution in [3.8, 4) is 0 Å². The van der Waals surface area contributed by atoms with Gasteiger partial charge in [-0.05, 0) is 41.7 Å². The maximum absolute atomic E-state index is 8.90. The quantitative estimate of drug-likeness (QED) is 0.877. The summed E-state index contributed by atoms with van der Waals surface area (Å²) in [5.41, 5.74) is 2.76. The van der Waals surface area contributed by atoms with Crippen LogP contribution in [-0.2, 0) is 6.42 Å². The van der Waals surface area contributed by atoms with Crippen molar-refractivity contribution in [1.29, 1.82) is 0 Å². The summed E-state index contributed by atoms with van der Waals surface area (Å²) < 4.78 is 0. The van der Waals surface area contributed by atoms with E-state index in [-0.39, 0.29) is 6.61 Å². The normalized spacial score (nSPS) is 22.7. The molecule has 1 aliphatic rings.